The molecule has 1 aliphatic rings. The van der Waals surface area contributed by atoms with Crippen molar-refractivity contribution in [2.24, 2.45) is 5.73 Å². The molecule has 0 aliphatic carbocycles. The van der Waals surface area contributed by atoms with Gasteiger partial charge in [-0.15, -0.1) is 11.8 Å². The molecule has 2 rings (SSSR count). The Hall–Kier alpha value is -0.320. The van der Waals surface area contributed by atoms with Crippen molar-refractivity contribution in [1.82, 2.24) is 0 Å². The number of nitrogens with zero attached hydrogens (tertiary/aromatic N) is 1. The Morgan fingerprint density at radius 1 is 1.53 bits per heavy atom. The molecule has 94 valence electrons. The lowest BCUT2D eigenvalue weighted by Gasteiger charge is -2.36. The van der Waals surface area contributed by atoms with E-state index in [4.69, 9.17) is 5.73 Å². The van der Waals surface area contributed by atoms with Crippen molar-refractivity contribution in [3.63, 3.8) is 0 Å². The fourth-order valence-corrected chi connectivity index (χ4v) is 3.97. The zero-order valence-corrected chi connectivity index (χ0v) is 12.1. The van der Waals surface area contributed by atoms with Crippen molar-refractivity contribution < 1.29 is 0 Å². The Morgan fingerprint density at radius 3 is 3.00 bits per heavy atom. The second-order valence-corrected chi connectivity index (χ2v) is 6.28. The summed E-state index contributed by atoms with van der Waals surface area (Å²) in [6, 6.07) is 7.14. The van der Waals surface area contributed by atoms with Crippen LogP contribution < -0.4 is 10.6 Å². The van der Waals surface area contributed by atoms with Gasteiger partial charge in [0.15, 0.2) is 0 Å². The van der Waals surface area contributed by atoms with Crippen LogP contribution in [0.1, 0.15) is 12.5 Å². The number of hydrogen-bond acceptors (Lipinski definition) is 4. The van der Waals surface area contributed by atoms with E-state index < -0.39 is 0 Å². The highest BCUT2D eigenvalue weighted by atomic mass is 32.2. The molecule has 1 aliphatic heterocycles. The average molecular weight is 268 g/mol. The minimum absolute atomic E-state index is 0.608. The van der Waals surface area contributed by atoms with Crippen LogP contribution in [-0.2, 0) is 6.54 Å². The molecule has 1 fully saturated rings. The highest BCUT2D eigenvalue weighted by molar-refractivity contribution is 7.99. The highest BCUT2D eigenvalue weighted by Gasteiger charge is 2.21. The molecular formula is C13H20N2S2. The lowest BCUT2D eigenvalue weighted by atomic mass is 10.1. The first kappa shape index (κ1) is 13.1. The molecule has 1 aromatic carbocycles. The Balaban J connectivity index is 2.36. The smallest absolute Gasteiger partial charge is 0.0426 e. The number of rotatable bonds is 3. The summed E-state index contributed by atoms with van der Waals surface area (Å²) >= 11 is 3.83. The molecule has 2 nitrogen and oxygen atoms in total. The van der Waals surface area contributed by atoms with Gasteiger partial charge in [0.05, 0.1) is 0 Å². The van der Waals surface area contributed by atoms with E-state index in [-0.39, 0.29) is 0 Å². The largest absolute Gasteiger partial charge is 0.367 e. The first-order valence-corrected chi connectivity index (χ1v) is 8.36. The lowest BCUT2D eigenvalue weighted by molar-refractivity contribution is 0.694. The Kier molecular flexibility index (Phi) is 4.65. The SMILES string of the molecule is CSc1cccc(N2CCSCC2C)c1CN. The van der Waals surface area contributed by atoms with Crippen molar-refractivity contribution in [3.8, 4) is 0 Å². The monoisotopic (exact) mass is 268 g/mol. The van der Waals surface area contributed by atoms with E-state index in [2.05, 4.69) is 36.3 Å². The summed E-state index contributed by atoms with van der Waals surface area (Å²) in [5.41, 5.74) is 8.58. The van der Waals surface area contributed by atoms with Crippen LogP contribution in [0.5, 0.6) is 0 Å². The normalized spacial score (nSPS) is 20.6. The molecule has 0 aromatic heterocycles. The molecule has 1 heterocycles. The third-order valence-electron chi connectivity index (χ3n) is 3.21. The van der Waals surface area contributed by atoms with Gasteiger partial charge in [0, 0.05) is 46.8 Å². The summed E-state index contributed by atoms with van der Waals surface area (Å²) in [6.45, 7) is 4.07. The van der Waals surface area contributed by atoms with Crippen molar-refractivity contribution in [3.05, 3.63) is 23.8 Å². The molecule has 0 bridgehead atoms. The third kappa shape index (κ3) is 2.75. The number of hydrogen-bond donors (Lipinski definition) is 1. The van der Waals surface area contributed by atoms with Crippen LogP contribution in [0.15, 0.2) is 23.1 Å². The van der Waals surface area contributed by atoms with Gasteiger partial charge >= 0.3 is 0 Å². The van der Waals surface area contributed by atoms with Gasteiger partial charge in [-0.05, 0) is 25.3 Å². The average Bonchev–Trinajstić information content (AvgIpc) is 2.38. The predicted octanol–water partition coefficient (Wildman–Crippen LogP) is 2.81. The van der Waals surface area contributed by atoms with E-state index in [0.717, 1.165) is 6.54 Å². The molecule has 0 spiro atoms. The molecule has 4 heteroatoms. The first-order chi connectivity index (χ1) is 8.27. The zero-order valence-electron chi connectivity index (χ0n) is 10.5. The minimum Gasteiger partial charge on any atom is -0.367 e. The summed E-state index contributed by atoms with van der Waals surface area (Å²) in [7, 11) is 0. The second kappa shape index (κ2) is 6.03. The fraction of sp³-hybridized carbons (Fsp3) is 0.538. The molecule has 1 saturated heterocycles. The van der Waals surface area contributed by atoms with Gasteiger partial charge in [0.1, 0.15) is 0 Å². The molecule has 1 aromatic rings. The summed E-state index contributed by atoms with van der Waals surface area (Å²) < 4.78 is 0. The second-order valence-electron chi connectivity index (χ2n) is 4.28. The molecule has 1 atom stereocenters. The van der Waals surface area contributed by atoms with E-state index in [1.165, 1.54) is 27.7 Å². The quantitative estimate of drug-likeness (QED) is 0.854. The van der Waals surface area contributed by atoms with Gasteiger partial charge in [-0.3, -0.25) is 0 Å². The minimum atomic E-state index is 0.608. The molecular weight excluding hydrogens is 248 g/mol. The van der Waals surface area contributed by atoms with Crippen LogP contribution >= 0.6 is 23.5 Å². The van der Waals surface area contributed by atoms with Crippen LogP contribution in [0, 0.1) is 0 Å². The zero-order chi connectivity index (χ0) is 12.3. The molecule has 0 amide bonds. The van der Waals surface area contributed by atoms with Crippen LogP contribution in [0.2, 0.25) is 0 Å². The van der Waals surface area contributed by atoms with Crippen molar-refractivity contribution in [2.75, 3.05) is 29.2 Å². The van der Waals surface area contributed by atoms with E-state index in [0.29, 0.717) is 12.6 Å². The van der Waals surface area contributed by atoms with Crippen LogP contribution in [-0.4, -0.2) is 30.3 Å². The lowest BCUT2D eigenvalue weighted by Crippen LogP contribution is -2.41. The van der Waals surface area contributed by atoms with Gasteiger partial charge < -0.3 is 10.6 Å². The van der Waals surface area contributed by atoms with Crippen molar-refractivity contribution >= 4 is 29.2 Å². The van der Waals surface area contributed by atoms with Gasteiger partial charge in [-0.2, -0.15) is 11.8 Å². The Morgan fingerprint density at radius 2 is 2.35 bits per heavy atom. The standard InChI is InChI=1S/C13H20N2S2/c1-10-9-17-7-6-15(10)12-4-3-5-13(16-2)11(12)8-14/h3-5,10H,6-9,14H2,1-2H3. The molecule has 1 unspecified atom stereocenters. The van der Waals surface area contributed by atoms with Gasteiger partial charge in [0.25, 0.3) is 0 Å². The summed E-state index contributed by atoms with van der Waals surface area (Å²) in [6.07, 6.45) is 2.12. The summed E-state index contributed by atoms with van der Waals surface area (Å²) in [5.74, 6) is 2.44. The summed E-state index contributed by atoms with van der Waals surface area (Å²) in [4.78, 5) is 3.83. The fourth-order valence-electron chi connectivity index (χ4n) is 2.30. The number of anilines is 1. The van der Waals surface area contributed by atoms with Crippen molar-refractivity contribution in [2.45, 2.75) is 24.4 Å². The van der Waals surface area contributed by atoms with Gasteiger partial charge in [-0.25, -0.2) is 0 Å². The third-order valence-corrected chi connectivity index (χ3v) is 5.22. The van der Waals surface area contributed by atoms with Crippen LogP contribution in [0.3, 0.4) is 0 Å². The number of benzene rings is 1. The maximum absolute atomic E-state index is 5.93. The van der Waals surface area contributed by atoms with Crippen LogP contribution in [0.4, 0.5) is 5.69 Å². The Labute approximate surface area is 112 Å². The van der Waals surface area contributed by atoms with Crippen LogP contribution in [0.25, 0.3) is 0 Å². The van der Waals surface area contributed by atoms with E-state index in [1.807, 2.05) is 11.8 Å². The van der Waals surface area contributed by atoms with E-state index >= 15 is 0 Å². The molecule has 0 radical (unpaired) electrons. The van der Waals surface area contributed by atoms with Gasteiger partial charge in [0.2, 0.25) is 0 Å². The number of nitrogens with two attached hydrogens (primary N) is 1. The molecule has 2 N–H and O–H groups in total. The maximum Gasteiger partial charge on any atom is 0.0426 e. The molecule has 0 saturated carbocycles. The number of thioether (sulfide) groups is 2. The summed E-state index contributed by atoms with van der Waals surface area (Å²) in [5, 5.41) is 0. The topological polar surface area (TPSA) is 29.3 Å². The first-order valence-electron chi connectivity index (χ1n) is 5.98. The van der Waals surface area contributed by atoms with Crippen molar-refractivity contribution in [1.29, 1.82) is 0 Å². The maximum atomic E-state index is 5.93. The molecule has 17 heavy (non-hydrogen) atoms. The highest BCUT2D eigenvalue weighted by Crippen LogP contribution is 2.32. The van der Waals surface area contributed by atoms with Gasteiger partial charge in [-0.1, -0.05) is 6.07 Å². The Bertz CT molecular complexity index is 382. The van der Waals surface area contributed by atoms with E-state index in [1.54, 1.807) is 11.8 Å². The predicted molar refractivity (Wildman–Crippen MR) is 80.2 cm³/mol. The van der Waals surface area contributed by atoms with E-state index in [9.17, 15) is 0 Å².